The average molecular weight is 716 g/mol. The van der Waals surface area contributed by atoms with Gasteiger partial charge >= 0.3 is 0 Å². The standard InChI is InChI=1S/C54H37NO/c1-54(39-18-6-3-7-19-39)47-25-10-8-22-46(47)53-48(54)26-14-27-49(53)55(40-31-29-37(30-32-40)36-15-4-2-5-16-36)41-20-12-17-38(35-41)42-33-34-51-52-44(42)23-13-24-45(52)43-21-9-11-28-50(43)56-51/h2-35H,1H3. The molecule has 0 saturated heterocycles. The minimum atomic E-state index is -0.308. The number of fused-ring (bicyclic) bond motifs is 5. The van der Waals surface area contributed by atoms with Gasteiger partial charge in [-0.05, 0) is 105 Å². The van der Waals surface area contributed by atoms with Crippen molar-refractivity contribution in [1.29, 1.82) is 0 Å². The molecule has 9 aromatic rings. The maximum atomic E-state index is 6.47. The Labute approximate surface area is 327 Å². The van der Waals surface area contributed by atoms with E-state index in [1.807, 2.05) is 6.07 Å². The minimum absolute atomic E-state index is 0.308. The van der Waals surface area contributed by atoms with E-state index in [2.05, 4.69) is 212 Å². The Bertz CT molecular complexity index is 2950. The number of benzene rings is 9. The predicted octanol–water partition coefficient (Wildman–Crippen LogP) is 14.8. The van der Waals surface area contributed by atoms with Gasteiger partial charge in [0.1, 0.15) is 11.5 Å². The SMILES string of the molecule is CC1(c2ccccc2)c2ccccc2-c2c(N(c3ccc(-c4ccccc4)cc3)c3cccc(-c4ccc5c6c(cccc46)-c4ccccc4O5)c3)cccc21. The molecular weight excluding hydrogens is 679 g/mol. The lowest BCUT2D eigenvalue weighted by Gasteiger charge is -2.31. The zero-order chi connectivity index (χ0) is 37.2. The van der Waals surface area contributed by atoms with Crippen LogP contribution in [0.5, 0.6) is 11.5 Å². The lowest BCUT2D eigenvalue weighted by Crippen LogP contribution is -2.22. The maximum Gasteiger partial charge on any atom is 0.135 e. The third-order valence-corrected chi connectivity index (χ3v) is 12.0. The van der Waals surface area contributed by atoms with Gasteiger partial charge in [0.15, 0.2) is 0 Å². The Balaban J connectivity index is 1.12. The molecule has 1 aliphatic heterocycles. The van der Waals surface area contributed by atoms with Crippen molar-refractivity contribution in [2.24, 2.45) is 0 Å². The molecule has 0 bridgehead atoms. The zero-order valence-electron chi connectivity index (χ0n) is 31.0. The van der Waals surface area contributed by atoms with Crippen LogP contribution < -0.4 is 9.64 Å². The molecule has 0 fully saturated rings. The van der Waals surface area contributed by atoms with E-state index in [0.717, 1.165) is 45.1 Å². The van der Waals surface area contributed by atoms with Gasteiger partial charge in [0.2, 0.25) is 0 Å². The van der Waals surface area contributed by atoms with Crippen molar-refractivity contribution >= 4 is 27.8 Å². The highest BCUT2D eigenvalue weighted by molar-refractivity contribution is 6.10. The first kappa shape index (κ1) is 32.3. The highest BCUT2D eigenvalue weighted by atomic mass is 16.5. The number of hydrogen-bond acceptors (Lipinski definition) is 2. The van der Waals surface area contributed by atoms with Crippen molar-refractivity contribution in [3.63, 3.8) is 0 Å². The molecule has 9 aromatic carbocycles. The summed E-state index contributed by atoms with van der Waals surface area (Å²) in [4.78, 5) is 2.45. The molecule has 1 atom stereocenters. The second-order valence-corrected chi connectivity index (χ2v) is 15.0. The molecule has 11 rings (SSSR count). The van der Waals surface area contributed by atoms with Gasteiger partial charge in [-0.1, -0.05) is 164 Å². The largest absolute Gasteiger partial charge is 0.456 e. The van der Waals surface area contributed by atoms with Gasteiger partial charge in [-0.2, -0.15) is 0 Å². The summed E-state index contributed by atoms with van der Waals surface area (Å²) in [5, 5.41) is 2.33. The van der Waals surface area contributed by atoms with Crippen molar-refractivity contribution in [3.05, 3.63) is 223 Å². The summed E-state index contributed by atoms with van der Waals surface area (Å²) in [6, 6.07) is 74.7. The molecule has 264 valence electrons. The summed E-state index contributed by atoms with van der Waals surface area (Å²) in [6.45, 7) is 2.39. The number of rotatable bonds is 6. The Morgan fingerprint density at radius 1 is 0.411 bits per heavy atom. The molecule has 0 spiro atoms. The smallest absolute Gasteiger partial charge is 0.135 e. The van der Waals surface area contributed by atoms with Crippen LogP contribution in [-0.2, 0) is 5.41 Å². The molecule has 1 unspecified atom stereocenters. The van der Waals surface area contributed by atoms with Gasteiger partial charge in [-0.3, -0.25) is 0 Å². The second kappa shape index (κ2) is 12.7. The van der Waals surface area contributed by atoms with E-state index in [1.54, 1.807) is 0 Å². The quantitative estimate of drug-likeness (QED) is 0.170. The van der Waals surface area contributed by atoms with Crippen molar-refractivity contribution in [2.75, 3.05) is 4.90 Å². The van der Waals surface area contributed by atoms with Crippen molar-refractivity contribution in [1.82, 2.24) is 0 Å². The van der Waals surface area contributed by atoms with E-state index in [9.17, 15) is 0 Å². The van der Waals surface area contributed by atoms with Crippen LogP contribution >= 0.6 is 0 Å². The fourth-order valence-electron chi connectivity index (χ4n) is 9.30. The van der Waals surface area contributed by atoms with Crippen molar-refractivity contribution in [3.8, 4) is 56.0 Å². The molecule has 0 N–H and O–H groups in total. The lowest BCUT2D eigenvalue weighted by molar-refractivity contribution is 0.487. The van der Waals surface area contributed by atoms with Gasteiger partial charge < -0.3 is 9.64 Å². The Kier molecular flexibility index (Phi) is 7.33. The summed E-state index contributed by atoms with van der Waals surface area (Å²) >= 11 is 0. The van der Waals surface area contributed by atoms with Crippen LogP contribution in [0.1, 0.15) is 23.6 Å². The minimum Gasteiger partial charge on any atom is -0.456 e. The molecular formula is C54H37NO. The molecule has 0 radical (unpaired) electrons. The first-order chi connectivity index (χ1) is 27.7. The third-order valence-electron chi connectivity index (χ3n) is 12.0. The highest BCUT2D eigenvalue weighted by Gasteiger charge is 2.42. The second-order valence-electron chi connectivity index (χ2n) is 15.0. The topological polar surface area (TPSA) is 12.5 Å². The van der Waals surface area contributed by atoms with Crippen LogP contribution in [0.2, 0.25) is 0 Å². The first-order valence-electron chi connectivity index (χ1n) is 19.3. The van der Waals surface area contributed by atoms with Crippen LogP contribution in [0.4, 0.5) is 17.1 Å². The van der Waals surface area contributed by atoms with Gasteiger partial charge in [0, 0.05) is 33.3 Å². The average Bonchev–Trinajstić information content (AvgIpc) is 3.54. The molecule has 2 heteroatoms. The molecule has 2 aliphatic rings. The number of hydrogen-bond donors (Lipinski definition) is 0. The monoisotopic (exact) mass is 715 g/mol. The number of nitrogens with zero attached hydrogens (tertiary/aromatic N) is 1. The zero-order valence-corrected chi connectivity index (χ0v) is 31.0. The summed E-state index contributed by atoms with van der Waals surface area (Å²) in [6.07, 6.45) is 0. The van der Waals surface area contributed by atoms with E-state index >= 15 is 0 Å². The van der Waals surface area contributed by atoms with Crippen LogP contribution in [0.25, 0.3) is 55.3 Å². The van der Waals surface area contributed by atoms with Gasteiger partial charge in [0.25, 0.3) is 0 Å². The molecule has 0 saturated carbocycles. The number of para-hydroxylation sites is 1. The summed E-state index contributed by atoms with van der Waals surface area (Å²) in [5.41, 5.74) is 16.6. The van der Waals surface area contributed by atoms with Gasteiger partial charge in [0.05, 0.1) is 5.69 Å². The fourth-order valence-corrected chi connectivity index (χ4v) is 9.30. The van der Waals surface area contributed by atoms with Crippen LogP contribution in [0.3, 0.4) is 0 Å². The van der Waals surface area contributed by atoms with Crippen molar-refractivity contribution < 1.29 is 4.74 Å². The van der Waals surface area contributed by atoms with E-state index in [1.165, 1.54) is 55.5 Å². The van der Waals surface area contributed by atoms with E-state index < -0.39 is 0 Å². The van der Waals surface area contributed by atoms with Crippen LogP contribution in [0.15, 0.2) is 206 Å². The molecule has 1 heterocycles. The van der Waals surface area contributed by atoms with E-state index in [-0.39, 0.29) is 5.41 Å². The van der Waals surface area contributed by atoms with Crippen LogP contribution in [-0.4, -0.2) is 0 Å². The maximum absolute atomic E-state index is 6.47. The molecule has 0 amide bonds. The van der Waals surface area contributed by atoms with Gasteiger partial charge in [-0.25, -0.2) is 0 Å². The van der Waals surface area contributed by atoms with Crippen LogP contribution in [0, 0.1) is 0 Å². The number of anilines is 3. The number of ether oxygens (including phenoxy) is 1. The normalized spacial score (nSPS) is 14.7. The summed E-state index contributed by atoms with van der Waals surface area (Å²) < 4.78 is 6.47. The first-order valence-corrected chi connectivity index (χ1v) is 19.3. The Hall–Kier alpha value is -7.16. The summed E-state index contributed by atoms with van der Waals surface area (Å²) in [7, 11) is 0. The van der Waals surface area contributed by atoms with Gasteiger partial charge in [-0.15, -0.1) is 0 Å². The molecule has 1 aliphatic carbocycles. The highest BCUT2D eigenvalue weighted by Crippen LogP contribution is 2.57. The lowest BCUT2D eigenvalue weighted by atomic mass is 9.74. The predicted molar refractivity (Wildman–Crippen MR) is 232 cm³/mol. The Morgan fingerprint density at radius 2 is 1.05 bits per heavy atom. The van der Waals surface area contributed by atoms with E-state index in [4.69, 9.17) is 4.74 Å². The molecule has 56 heavy (non-hydrogen) atoms. The molecule has 2 nitrogen and oxygen atoms in total. The third kappa shape index (κ3) is 4.89. The van der Waals surface area contributed by atoms with E-state index in [0.29, 0.717) is 0 Å². The molecule has 0 aromatic heterocycles. The van der Waals surface area contributed by atoms with Crippen molar-refractivity contribution in [2.45, 2.75) is 12.3 Å². The Morgan fingerprint density at radius 3 is 1.89 bits per heavy atom. The summed E-state index contributed by atoms with van der Waals surface area (Å²) in [5.74, 6) is 1.80. The fraction of sp³-hybridized carbons (Fsp3) is 0.0370.